The van der Waals surface area contributed by atoms with E-state index in [2.05, 4.69) is 10.6 Å². The third kappa shape index (κ3) is 5.29. The summed E-state index contributed by atoms with van der Waals surface area (Å²) in [5.74, 6) is 1.36. The van der Waals surface area contributed by atoms with Gasteiger partial charge in [0.05, 0.1) is 14.2 Å². The van der Waals surface area contributed by atoms with Crippen molar-refractivity contribution in [3.05, 3.63) is 83.4 Å². The van der Waals surface area contributed by atoms with Crippen LogP contribution in [0, 0.1) is 6.92 Å². The van der Waals surface area contributed by atoms with Crippen LogP contribution in [-0.2, 0) is 6.42 Å². The summed E-state index contributed by atoms with van der Waals surface area (Å²) in [4.78, 5) is 12.4. The molecular weight excluding hydrogens is 364 g/mol. The van der Waals surface area contributed by atoms with Gasteiger partial charge in [-0.3, -0.25) is 4.79 Å². The van der Waals surface area contributed by atoms with Crippen LogP contribution in [-0.4, -0.2) is 26.7 Å². The van der Waals surface area contributed by atoms with Crippen molar-refractivity contribution in [1.82, 2.24) is 0 Å². The van der Waals surface area contributed by atoms with E-state index >= 15 is 0 Å². The van der Waals surface area contributed by atoms with Crippen molar-refractivity contribution in [2.75, 3.05) is 31.4 Å². The quantitative estimate of drug-likeness (QED) is 0.573. The number of carbonyl (C=O) groups excluding carboxylic acids is 1. The average molecular weight is 390 g/mol. The Hall–Kier alpha value is -3.47. The van der Waals surface area contributed by atoms with Gasteiger partial charge in [0.1, 0.15) is 0 Å². The maximum Gasteiger partial charge on any atom is 0.255 e. The lowest BCUT2D eigenvalue weighted by molar-refractivity contribution is 0.102. The van der Waals surface area contributed by atoms with Crippen LogP contribution in [0.25, 0.3) is 0 Å². The molecule has 0 fully saturated rings. The van der Waals surface area contributed by atoms with E-state index in [1.54, 1.807) is 14.2 Å². The lowest BCUT2D eigenvalue weighted by Crippen LogP contribution is -2.13. The highest BCUT2D eigenvalue weighted by Crippen LogP contribution is 2.27. The van der Waals surface area contributed by atoms with Crippen molar-refractivity contribution in [2.45, 2.75) is 13.3 Å². The number of hydrogen-bond acceptors (Lipinski definition) is 4. The molecule has 5 heteroatoms. The Kier molecular flexibility index (Phi) is 6.74. The van der Waals surface area contributed by atoms with Gasteiger partial charge in [0.2, 0.25) is 0 Å². The predicted molar refractivity (Wildman–Crippen MR) is 117 cm³/mol. The number of aryl methyl sites for hydroxylation is 1. The molecule has 0 aromatic heterocycles. The minimum absolute atomic E-state index is 0.0998. The smallest absolute Gasteiger partial charge is 0.255 e. The molecule has 29 heavy (non-hydrogen) atoms. The topological polar surface area (TPSA) is 59.6 Å². The van der Waals surface area contributed by atoms with Crippen LogP contribution in [0.2, 0.25) is 0 Å². The lowest BCUT2D eigenvalue weighted by Gasteiger charge is -2.11. The molecule has 0 aliphatic rings. The first-order valence-corrected chi connectivity index (χ1v) is 9.52. The fraction of sp³-hybridized carbons (Fsp3) is 0.208. The summed E-state index contributed by atoms with van der Waals surface area (Å²) in [7, 11) is 3.27. The zero-order chi connectivity index (χ0) is 20.6. The number of nitrogens with one attached hydrogen (secondary N) is 2. The van der Waals surface area contributed by atoms with Crippen LogP contribution in [0.15, 0.2) is 66.7 Å². The van der Waals surface area contributed by atoms with Gasteiger partial charge in [-0.25, -0.2) is 0 Å². The van der Waals surface area contributed by atoms with Crippen LogP contribution < -0.4 is 20.1 Å². The Morgan fingerprint density at radius 3 is 2.24 bits per heavy atom. The molecule has 3 aromatic carbocycles. The first-order chi connectivity index (χ1) is 14.1. The van der Waals surface area contributed by atoms with E-state index in [4.69, 9.17) is 9.47 Å². The van der Waals surface area contributed by atoms with E-state index in [1.165, 1.54) is 0 Å². The summed E-state index contributed by atoms with van der Waals surface area (Å²) in [6.45, 7) is 2.71. The standard InChI is InChI=1S/C24H26N2O3/c1-17-6-4-5-7-21(17)24(27)26-20-11-9-19(10-12-20)25-15-14-18-8-13-22(28-2)23(16-18)29-3/h4-13,16,25H,14-15H2,1-3H3,(H,26,27). The van der Waals surface area contributed by atoms with E-state index in [0.717, 1.165) is 47.0 Å². The number of benzene rings is 3. The first kappa shape index (κ1) is 20.3. The number of ether oxygens (including phenoxy) is 2. The molecule has 3 aromatic rings. The van der Waals surface area contributed by atoms with Crippen LogP contribution in [0.3, 0.4) is 0 Å². The molecule has 3 rings (SSSR count). The summed E-state index contributed by atoms with van der Waals surface area (Å²) < 4.78 is 10.6. The Bertz CT molecular complexity index is 968. The van der Waals surface area contributed by atoms with Crippen LogP contribution in [0.1, 0.15) is 21.5 Å². The van der Waals surface area contributed by atoms with Gasteiger partial charge in [0, 0.05) is 23.5 Å². The van der Waals surface area contributed by atoms with Crippen LogP contribution in [0.4, 0.5) is 11.4 Å². The minimum atomic E-state index is -0.0998. The molecule has 0 bridgehead atoms. The molecular formula is C24H26N2O3. The SMILES string of the molecule is COc1ccc(CCNc2ccc(NC(=O)c3ccccc3C)cc2)cc1OC. The summed E-state index contributed by atoms with van der Waals surface area (Å²) in [6.07, 6.45) is 0.853. The molecule has 0 unspecified atom stereocenters. The van der Waals surface area contributed by atoms with Gasteiger partial charge in [0.15, 0.2) is 11.5 Å². The first-order valence-electron chi connectivity index (χ1n) is 9.52. The normalized spacial score (nSPS) is 10.3. The monoisotopic (exact) mass is 390 g/mol. The maximum atomic E-state index is 12.4. The van der Waals surface area contributed by atoms with Gasteiger partial charge < -0.3 is 20.1 Å². The van der Waals surface area contributed by atoms with E-state index in [0.29, 0.717) is 5.56 Å². The zero-order valence-corrected chi connectivity index (χ0v) is 17.0. The maximum absolute atomic E-state index is 12.4. The second-order valence-electron chi connectivity index (χ2n) is 6.71. The van der Waals surface area contributed by atoms with E-state index < -0.39 is 0 Å². The second-order valence-corrected chi connectivity index (χ2v) is 6.71. The van der Waals surface area contributed by atoms with Gasteiger partial charge in [-0.05, 0) is 66.9 Å². The molecule has 0 saturated carbocycles. The number of carbonyl (C=O) groups is 1. The van der Waals surface area contributed by atoms with Crippen LogP contribution >= 0.6 is 0 Å². The molecule has 0 atom stereocenters. The van der Waals surface area contributed by atoms with Crippen molar-refractivity contribution in [3.8, 4) is 11.5 Å². The lowest BCUT2D eigenvalue weighted by atomic mass is 10.1. The Morgan fingerprint density at radius 1 is 0.862 bits per heavy atom. The largest absolute Gasteiger partial charge is 0.493 e. The van der Waals surface area contributed by atoms with Crippen molar-refractivity contribution < 1.29 is 14.3 Å². The third-order valence-electron chi connectivity index (χ3n) is 4.72. The molecule has 2 N–H and O–H groups in total. The van der Waals surface area contributed by atoms with Crippen LogP contribution in [0.5, 0.6) is 11.5 Å². The molecule has 0 aliphatic heterocycles. The van der Waals surface area contributed by atoms with E-state index in [-0.39, 0.29) is 5.91 Å². The fourth-order valence-electron chi connectivity index (χ4n) is 3.08. The predicted octanol–water partition coefficient (Wildman–Crippen LogP) is 4.92. The highest BCUT2D eigenvalue weighted by Gasteiger charge is 2.08. The summed E-state index contributed by atoms with van der Waals surface area (Å²) in [6, 6.07) is 21.2. The number of amides is 1. The highest BCUT2D eigenvalue weighted by atomic mass is 16.5. The Morgan fingerprint density at radius 2 is 1.55 bits per heavy atom. The second kappa shape index (κ2) is 9.64. The molecule has 0 radical (unpaired) electrons. The van der Waals surface area contributed by atoms with Gasteiger partial charge in [-0.1, -0.05) is 24.3 Å². The zero-order valence-electron chi connectivity index (χ0n) is 17.0. The molecule has 0 spiro atoms. The van der Waals surface area contributed by atoms with Crippen molar-refractivity contribution in [2.24, 2.45) is 0 Å². The number of hydrogen-bond donors (Lipinski definition) is 2. The summed E-state index contributed by atoms with van der Waals surface area (Å²) in [5.41, 5.74) is 4.57. The molecule has 0 saturated heterocycles. The van der Waals surface area contributed by atoms with Crippen molar-refractivity contribution >= 4 is 17.3 Å². The highest BCUT2D eigenvalue weighted by molar-refractivity contribution is 6.05. The summed E-state index contributed by atoms with van der Waals surface area (Å²) >= 11 is 0. The number of rotatable bonds is 8. The molecule has 150 valence electrons. The van der Waals surface area contributed by atoms with Crippen molar-refractivity contribution in [1.29, 1.82) is 0 Å². The number of anilines is 2. The van der Waals surface area contributed by atoms with E-state index in [9.17, 15) is 4.79 Å². The van der Waals surface area contributed by atoms with Crippen molar-refractivity contribution in [3.63, 3.8) is 0 Å². The van der Waals surface area contributed by atoms with Gasteiger partial charge in [0.25, 0.3) is 5.91 Å². The Labute approximate surface area is 171 Å². The summed E-state index contributed by atoms with van der Waals surface area (Å²) in [5, 5.41) is 6.33. The molecule has 1 amide bonds. The van der Waals surface area contributed by atoms with Gasteiger partial charge in [-0.2, -0.15) is 0 Å². The van der Waals surface area contributed by atoms with Gasteiger partial charge in [-0.15, -0.1) is 0 Å². The fourth-order valence-corrected chi connectivity index (χ4v) is 3.08. The Balaban J connectivity index is 1.53. The van der Waals surface area contributed by atoms with E-state index in [1.807, 2.05) is 73.7 Å². The minimum Gasteiger partial charge on any atom is -0.493 e. The average Bonchev–Trinajstić information content (AvgIpc) is 2.75. The third-order valence-corrected chi connectivity index (χ3v) is 4.72. The van der Waals surface area contributed by atoms with Gasteiger partial charge >= 0.3 is 0 Å². The number of methoxy groups -OCH3 is 2. The molecule has 5 nitrogen and oxygen atoms in total. The molecule has 0 heterocycles. The molecule has 0 aliphatic carbocycles.